The highest BCUT2D eigenvalue weighted by atomic mass is 79.9. The molecule has 0 aliphatic carbocycles. The van der Waals surface area contributed by atoms with Gasteiger partial charge in [0.05, 0.1) is 4.83 Å². The lowest BCUT2D eigenvalue weighted by atomic mass is 10.3. The third kappa shape index (κ3) is 2.54. The van der Waals surface area contributed by atoms with Gasteiger partial charge in [0.25, 0.3) is 0 Å². The molecule has 0 aliphatic rings. The Bertz CT molecular complexity index is 300. The predicted molar refractivity (Wildman–Crippen MR) is 60.7 cm³/mol. The van der Waals surface area contributed by atoms with E-state index in [1.165, 1.54) is 0 Å². The molecule has 1 aromatic rings. The molecule has 0 bridgehead atoms. The zero-order valence-corrected chi connectivity index (χ0v) is 9.86. The van der Waals surface area contributed by atoms with Crippen molar-refractivity contribution in [3.05, 3.63) is 24.5 Å². The van der Waals surface area contributed by atoms with E-state index in [0.29, 0.717) is 6.54 Å². The summed E-state index contributed by atoms with van der Waals surface area (Å²) in [5.74, 6) is 0.0682. The summed E-state index contributed by atoms with van der Waals surface area (Å²) in [4.78, 5) is 17.2. The van der Waals surface area contributed by atoms with Crippen molar-refractivity contribution in [2.24, 2.45) is 0 Å². The SMILES string of the molecule is CCN(C(=O)C(C)Br)c1ccncc1. The van der Waals surface area contributed by atoms with Crippen LogP contribution >= 0.6 is 15.9 Å². The van der Waals surface area contributed by atoms with Crippen LogP contribution in [0.25, 0.3) is 0 Å². The number of aromatic nitrogens is 1. The number of carbonyl (C=O) groups is 1. The first-order valence-electron chi connectivity index (χ1n) is 4.52. The van der Waals surface area contributed by atoms with Crippen LogP contribution in [0.5, 0.6) is 0 Å². The standard InChI is InChI=1S/C10H13BrN2O/c1-3-13(10(14)8(2)11)9-4-6-12-7-5-9/h4-8H,3H2,1-2H3. The fourth-order valence-corrected chi connectivity index (χ4v) is 1.45. The summed E-state index contributed by atoms with van der Waals surface area (Å²) >= 11 is 3.27. The van der Waals surface area contributed by atoms with Crippen molar-refractivity contribution in [3.8, 4) is 0 Å². The van der Waals surface area contributed by atoms with Crippen LogP contribution in [0, 0.1) is 0 Å². The van der Waals surface area contributed by atoms with Gasteiger partial charge in [-0.3, -0.25) is 9.78 Å². The van der Waals surface area contributed by atoms with Crippen LogP contribution in [0.3, 0.4) is 0 Å². The summed E-state index contributed by atoms with van der Waals surface area (Å²) < 4.78 is 0. The summed E-state index contributed by atoms with van der Waals surface area (Å²) in [6.45, 7) is 4.44. The molecule has 0 aliphatic heterocycles. The maximum Gasteiger partial charge on any atom is 0.240 e. The monoisotopic (exact) mass is 256 g/mol. The van der Waals surface area contributed by atoms with Gasteiger partial charge in [-0.1, -0.05) is 15.9 Å². The molecule has 0 saturated heterocycles. The zero-order valence-electron chi connectivity index (χ0n) is 8.27. The van der Waals surface area contributed by atoms with Crippen LogP contribution in [-0.2, 0) is 4.79 Å². The van der Waals surface area contributed by atoms with Crippen LogP contribution < -0.4 is 4.90 Å². The number of carbonyl (C=O) groups excluding carboxylic acids is 1. The lowest BCUT2D eigenvalue weighted by molar-refractivity contribution is -0.117. The Morgan fingerprint density at radius 2 is 2.14 bits per heavy atom. The van der Waals surface area contributed by atoms with Crippen LogP contribution in [-0.4, -0.2) is 22.3 Å². The lowest BCUT2D eigenvalue weighted by Crippen LogP contribution is -2.35. The van der Waals surface area contributed by atoms with E-state index in [2.05, 4.69) is 20.9 Å². The fraction of sp³-hybridized carbons (Fsp3) is 0.400. The Labute approximate surface area is 92.3 Å². The number of hydrogen-bond donors (Lipinski definition) is 0. The van der Waals surface area contributed by atoms with Gasteiger partial charge in [-0.05, 0) is 26.0 Å². The van der Waals surface area contributed by atoms with Gasteiger partial charge in [0.15, 0.2) is 0 Å². The van der Waals surface area contributed by atoms with Crippen molar-refractivity contribution in [1.82, 2.24) is 4.98 Å². The first-order chi connectivity index (χ1) is 6.66. The average molecular weight is 257 g/mol. The van der Waals surface area contributed by atoms with E-state index in [4.69, 9.17) is 0 Å². The number of amides is 1. The Morgan fingerprint density at radius 1 is 1.57 bits per heavy atom. The largest absolute Gasteiger partial charge is 0.312 e. The zero-order chi connectivity index (χ0) is 10.6. The quantitative estimate of drug-likeness (QED) is 0.778. The second kappa shape index (κ2) is 5.10. The number of pyridine rings is 1. The molecule has 3 nitrogen and oxygen atoms in total. The highest BCUT2D eigenvalue weighted by Gasteiger charge is 2.17. The molecule has 1 unspecified atom stereocenters. The molecule has 0 saturated carbocycles. The molecular formula is C10H13BrN2O. The molecule has 0 N–H and O–H groups in total. The highest BCUT2D eigenvalue weighted by molar-refractivity contribution is 9.10. The van der Waals surface area contributed by atoms with Crippen molar-refractivity contribution in [3.63, 3.8) is 0 Å². The van der Waals surface area contributed by atoms with Gasteiger partial charge in [0, 0.05) is 24.6 Å². The van der Waals surface area contributed by atoms with E-state index in [-0.39, 0.29) is 10.7 Å². The fourth-order valence-electron chi connectivity index (χ4n) is 1.20. The molecule has 1 atom stereocenters. The van der Waals surface area contributed by atoms with Gasteiger partial charge in [-0.25, -0.2) is 0 Å². The molecule has 1 rings (SSSR count). The summed E-state index contributed by atoms with van der Waals surface area (Å²) in [5, 5.41) is 0. The first kappa shape index (κ1) is 11.2. The van der Waals surface area contributed by atoms with Gasteiger partial charge in [0.2, 0.25) is 5.91 Å². The topological polar surface area (TPSA) is 33.2 Å². The van der Waals surface area contributed by atoms with Crippen LogP contribution in [0.4, 0.5) is 5.69 Å². The maximum atomic E-state index is 11.7. The minimum atomic E-state index is -0.157. The predicted octanol–water partition coefficient (Wildman–Crippen LogP) is 2.22. The molecule has 0 radical (unpaired) electrons. The minimum absolute atomic E-state index is 0.0682. The van der Waals surface area contributed by atoms with Crippen molar-refractivity contribution in [2.45, 2.75) is 18.7 Å². The van der Waals surface area contributed by atoms with Crippen LogP contribution in [0.2, 0.25) is 0 Å². The molecule has 1 aromatic heterocycles. The van der Waals surface area contributed by atoms with Crippen molar-refractivity contribution in [2.75, 3.05) is 11.4 Å². The number of anilines is 1. The lowest BCUT2D eigenvalue weighted by Gasteiger charge is -2.21. The number of alkyl halides is 1. The van der Waals surface area contributed by atoms with Crippen molar-refractivity contribution < 1.29 is 4.79 Å². The van der Waals surface area contributed by atoms with Gasteiger partial charge >= 0.3 is 0 Å². The number of halogens is 1. The molecule has 0 fully saturated rings. The summed E-state index contributed by atoms with van der Waals surface area (Å²) in [5.41, 5.74) is 0.888. The van der Waals surface area contributed by atoms with Crippen molar-refractivity contribution in [1.29, 1.82) is 0 Å². The van der Waals surface area contributed by atoms with Crippen molar-refractivity contribution >= 4 is 27.5 Å². The molecule has 76 valence electrons. The van der Waals surface area contributed by atoms with Gasteiger partial charge in [-0.2, -0.15) is 0 Å². The van der Waals surface area contributed by atoms with Gasteiger partial charge < -0.3 is 4.90 Å². The Balaban J connectivity index is 2.88. The van der Waals surface area contributed by atoms with E-state index in [1.54, 1.807) is 17.3 Å². The number of rotatable bonds is 3. The summed E-state index contributed by atoms with van der Waals surface area (Å²) in [6.07, 6.45) is 3.37. The van der Waals surface area contributed by atoms with Crippen LogP contribution in [0.15, 0.2) is 24.5 Å². The van der Waals surface area contributed by atoms with E-state index in [0.717, 1.165) is 5.69 Å². The second-order valence-electron chi connectivity index (χ2n) is 2.90. The molecule has 14 heavy (non-hydrogen) atoms. The third-order valence-electron chi connectivity index (χ3n) is 1.90. The first-order valence-corrected chi connectivity index (χ1v) is 5.44. The van der Waals surface area contributed by atoms with E-state index in [1.807, 2.05) is 26.0 Å². The number of nitrogens with zero attached hydrogens (tertiary/aromatic N) is 2. The number of hydrogen-bond acceptors (Lipinski definition) is 2. The summed E-state index contributed by atoms with van der Waals surface area (Å²) in [6, 6.07) is 3.66. The second-order valence-corrected chi connectivity index (χ2v) is 4.28. The average Bonchev–Trinajstić information content (AvgIpc) is 2.20. The summed E-state index contributed by atoms with van der Waals surface area (Å²) in [7, 11) is 0. The van der Waals surface area contributed by atoms with Gasteiger partial charge in [0.1, 0.15) is 0 Å². The Morgan fingerprint density at radius 3 is 2.57 bits per heavy atom. The molecule has 1 heterocycles. The third-order valence-corrected chi connectivity index (χ3v) is 2.29. The smallest absolute Gasteiger partial charge is 0.240 e. The minimum Gasteiger partial charge on any atom is -0.312 e. The Kier molecular flexibility index (Phi) is 4.07. The normalized spacial score (nSPS) is 12.2. The van der Waals surface area contributed by atoms with E-state index < -0.39 is 0 Å². The highest BCUT2D eigenvalue weighted by Crippen LogP contribution is 2.15. The molecular weight excluding hydrogens is 244 g/mol. The van der Waals surface area contributed by atoms with Crippen LogP contribution in [0.1, 0.15) is 13.8 Å². The van der Waals surface area contributed by atoms with E-state index >= 15 is 0 Å². The molecule has 0 spiro atoms. The Hall–Kier alpha value is -0.900. The van der Waals surface area contributed by atoms with Gasteiger partial charge in [-0.15, -0.1) is 0 Å². The van der Waals surface area contributed by atoms with E-state index in [9.17, 15) is 4.79 Å². The molecule has 1 amide bonds. The molecule has 0 aromatic carbocycles. The molecule has 4 heteroatoms. The maximum absolute atomic E-state index is 11.7.